The van der Waals surface area contributed by atoms with Gasteiger partial charge in [-0.25, -0.2) is 0 Å². The summed E-state index contributed by atoms with van der Waals surface area (Å²) in [6.45, 7) is 4.39. The number of amides is 2. The van der Waals surface area contributed by atoms with E-state index >= 15 is 0 Å². The number of rotatable bonds is 9. The molecule has 1 N–H and O–H groups in total. The smallest absolute Gasteiger partial charge is 0.243 e. The van der Waals surface area contributed by atoms with Gasteiger partial charge in [-0.2, -0.15) is 0 Å². The van der Waals surface area contributed by atoms with Crippen molar-refractivity contribution >= 4 is 11.8 Å². The number of nitrogens with zero attached hydrogens (tertiary/aromatic N) is 1. The molecule has 0 aliphatic heterocycles. The Morgan fingerprint density at radius 3 is 2.10 bits per heavy atom. The highest BCUT2D eigenvalue weighted by molar-refractivity contribution is 5.88. The summed E-state index contributed by atoms with van der Waals surface area (Å²) in [5.41, 5.74) is 1.99. The SMILES string of the molecule is CC(C)C(=O)N(Cc1ccccc1)C(Cc1ccccc1)C(=O)NCc1ccco1. The van der Waals surface area contributed by atoms with Crippen LogP contribution < -0.4 is 5.32 Å². The highest BCUT2D eigenvalue weighted by Gasteiger charge is 2.31. The van der Waals surface area contributed by atoms with Crippen LogP contribution in [0.25, 0.3) is 0 Å². The molecule has 3 rings (SSSR count). The van der Waals surface area contributed by atoms with E-state index in [4.69, 9.17) is 4.42 Å². The molecular weight excluding hydrogens is 376 g/mol. The maximum Gasteiger partial charge on any atom is 0.243 e. The summed E-state index contributed by atoms with van der Waals surface area (Å²) in [6, 6.07) is 22.5. The zero-order chi connectivity index (χ0) is 21.3. The second-order valence-corrected chi connectivity index (χ2v) is 7.61. The Hall–Kier alpha value is -3.34. The van der Waals surface area contributed by atoms with Crippen molar-refractivity contribution in [2.45, 2.75) is 39.4 Å². The van der Waals surface area contributed by atoms with Crippen molar-refractivity contribution in [3.8, 4) is 0 Å². The van der Waals surface area contributed by atoms with Gasteiger partial charge in [-0.05, 0) is 23.3 Å². The lowest BCUT2D eigenvalue weighted by Crippen LogP contribution is -2.51. The molecule has 0 spiro atoms. The molecule has 1 atom stereocenters. The van der Waals surface area contributed by atoms with E-state index in [1.807, 2.05) is 80.6 Å². The minimum Gasteiger partial charge on any atom is -0.467 e. The average Bonchev–Trinajstić information content (AvgIpc) is 3.29. The normalized spacial score (nSPS) is 11.8. The minimum atomic E-state index is -0.627. The van der Waals surface area contributed by atoms with Gasteiger partial charge in [-0.1, -0.05) is 74.5 Å². The molecule has 5 heteroatoms. The minimum absolute atomic E-state index is 0.0482. The van der Waals surface area contributed by atoms with Gasteiger partial charge in [0.05, 0.1) is 12.8 Å². The van der Waals surface area contributed by atoms with Crippen molar-refractivity contribution in [3.63, 3.8) is 0 Å². The van der Waals surface area contributed by atoms with Crippen molar-refractivity contribution in [3.05, 3.63) is 95.9 Å². The molecule has 156 valence electrons. The first-order chi connectivity index (χ1) is 14.5. The van der Waals surface area contributed by atoms with Gasteiger partial charge in [0.2, 0.25) is 11.8 Å². The summed E-state index contributed by atoms with van der Waals surface area (Å²) >= 11 is 0. The predicted molar refractivity (Wildman–Crippen MR) is 116 cm³/mol. The molecule has 0 bridgehead atoms. The van der Waals surface area contributed by atoms with Crippen LogP contribution in [0.2, 0.25) is 0 Å². The van der Waals surface area contributed by atoms with Crippen molar-refractivity contribution < 1.29 is 14.0 Å². The number of carbonyl (C=O) groups is 2. The van der Waals surface area contributed by atoms with Crippen molar-refractivity contribution in [1.29, 1.82) is 0 Å². The van der Waals surface area contributed by atoms with E-state index in [0.717, 1.165) is 11.1 Å². The molecule has 0 fully saturated rings. The Morgan fingerprint density at radius 2 is 1.53 bits per heavy atom. The van der Waals surface area contributed by atoms with Crippen LogP contribution in [0, 0.1) is 5.92 Å². The number of carbonyl (C=O) groups excluding carboxylic acids is 2. The number of benzene rings is 2. The van der Waals surface area contributed by atoms with E-state index in [2.05, 4.69) is 5.32 Å². The molecule has 0 radical (unpaired) electrons. The van der Waals surface area contributed by atoms with Crippen LogP contribution in [-0.2, 0) is 29.1 Å². The lowest BCUT2D eigenvalue weighted by molar-refractivity contribution is -0.143. The van der Waals surface area contributed by atoms with Crippen LogP contribution in [0.15, 0.2) is 83.5 Å². The van der Waals surface area contributed by atoms with Crippen LogP contribution in [0.4, 0.5) is 0 Å². The summed E-state index contributed by atoms with van der Waals surface area (Å²) in [5, 5.41) is 2.94. The van der Waals surface area contributed by atoms with E-state index < -0.39 is 6.04 Å². The van der Waals surface area contributed by atoms with E-state index in [1.54, 1.807) is 17.2 Å². The third-order valence-electron chi connectivity index (χ3n) is 4.94. The highest BCUT2D eigenvalue weighted by Crippen LogP contribution is 2.17. The summed E-state index contributed by atoms with van der Waals surface area (Å²) in [7, 11) is 0. The van der Waals surface area contributed by atoms with Gasteiger partial charge in [0.25, 0.3) is 0 Å². The lowest BCUT2D eigenvalue weighted by atomic mass is 10.0. The van der Waals surface area contributed by atoms with Crippen molar-refractivity contribution in [2.24, 2.45) is 5.92 Å². The fourth-order valence-corrected chi connectivity index (χ4v) is 3.34. The average molecular weight is 405 g/mol. The number of nitrogens with one attached hydrogen (secondary N) is 1. The van der Waals surface area contributed by atoms with Crippen LogP contribution in [0.3, 0.4) is 0 Å². The summed E-state index contributed by atoms with van der Waals surface area (Å²) in [6.07, 6.45) is 2.02. The molecule has 1 heterocycles. The second kappa shape index (κ2) is 10.4. The fraction of sp³-hybridized carbons (Fsp3) is 0.280. The molecule has 1 aromatic heterocycles. The van der Waals surface area contributed by atoms with Crippen LogP contribution in [-0.4, -0.2) is 22.8 Å². The first-order valence-corrected chi connectivity index (χ1v) is 10.2. The number of hydrogen-bond acceptors (Lipinski definition) is 3. The van der Waals surface area contributed by atoms with Crippen LogP contribution in [0.5, 0.6) is 0 Å². The molecule has 0 aliphatic rings. The van der Waals surface area contributed by atoms with Crippen LogP contribution >= 0.6 is 0 Å². The zero-order valence-corrected chi connectivity index (χ0v) is 17.5. The Bertz CT molecular complexity index is 922. The molecular formula is C25H28N2O3. The molecule has 30 heavy (non-hydrogen) atoms. The summed E-state index contributed by atoms with van der Waals surface area (Å²) in [4.78, 5) is 28.1. The van der Waals surface area contributed by atoms with Gasteiger partial charge >= 0.3 is 0 Å². The van der Waals surface area contributed by atoms with Gasteiger partial charge in [-0.15, -0.1) is 0 Å². The molecule has 0 aliphatic carbocycles. The molecule has 2 amide bonds. The maximum atomic E-state index is 13.3. The first-order valence-electron chi connectivity index (χ1n) is 10.2. The second-order valence-electron chi connectivity index (χ2n) is 7.61. The first kappa shape index (κ1) is 21.4. The predicted octanol–water partition coefficient (Wildman–Crippen LogP) is 4.19. The Balaban J connectivity index is 1.88. The third kappa shape index (κ3) is 5.83. The topological polar surface area (TPSA) is 62.6 Å². The Morgan fingerprint density at radius 1 is 0.900 bits per heavy atom. The largest absolute Gasteiger partial charge is 0.467 e. The fourth-order valence-electron chi connectivity index (χ4n) is 3.34. The molecule has 2 aromatic carbocycles. The van der Waals surface area contributed by atoms with Crippen molar-refractivity contribution in [1.82, 2.24) is 10.2 Å². The molecule has 5 nitrogen and oxygen atoms in total. The molecule has 0 saturated heterocycles. The number of furan rings is 1. The standard InChI is InChI=1S/C25H28N2O3/c1-19(2)25(29)27(18-21-12-7-4-8-13-21)23(16-20-10-5-3-6-11-20)24(28)26-17-22-14-9-15-30-22/h3-15,19,23H,16-18H2,1-2H3,(H,26,28). The van der Waals surface area contributed by atoms with Crippen LogP contribution in [0.1, 0.15) is 30.7 Å². The third-order valence-corrected chi connectivity index (χ3v) is 4.94. The zero-order valence-electron chi connectivity index (χ0n) is 17.5. The number of hydrogen-bond donors (Lipinski definition) is 1. The highest BCUT2D eigenvalue weighted by atomic mass is 16.3. The molecule has 3 aromatic rings. The summed E-state index contributed by atoms with van der Waals surface area (Å²) in [5.74, 6) is 0.213. The maximum absolute atomic E-state index is 13.3. The Kier molecular flexibility index (Phi) is 7.44. The summed E-state index contributed by atoms with van der Waals surface area (Å²) < 4.78 is 5.33. The van der Waals surface area contributed by atoms with E-state index in [1.165, 1.54) is 0 Å². The van der Waals surface area contributed by atoms with Gasteiger partial charge in [0.1, 0.15) is 11.8 Å². The van der Waals surface area contributed by atoms with Gasteiger partial charge < -0.3 is 14.6 Å². The van der Waals surface area contributed by atoms with E-state index in [9.17, 15) is 9.59 Å². The monoisotopic (exact) mass is 404 g/mol. The Labute approximate surface area is 177 Å². The van der Waals surface area contributed by atoms with Gasteiger partial charge in [0.15, 0.2) is 0 Å². The lowest BCUT2D eigenvalue weighted by Gasteiger charge is -2.32. The quantitative estimate of drug-likeness (QED) is 0.582. The molecule has 0 saturated carbocycles. The van der Waals surface area contributed by atoms with Crippen molar-refractivity contribution in [2.75, 3.05) is 0 Å². The van der Waals surface area contributed by atoms with Gasteiger partial charge in [-0.3, -0.25) is 9.59 Å². The van der Waals surface area contributed by atoms with E-state index in [0.29, 0.717) is 18.7 Å². The molecule has 1 unspecified atom stereocenters. The van der Waals surface area contributed by atoms with E-state index in [-0.39, 0.29) is 24.3 Å². The van der Waals surface area contributed by atoms with Gasteiger partial charge in [0, 0.05) is 18.9 Å².